The molecule has 0 atom stereocenters. The zero-order valence-electron chi connectivity index (χ0n) is 15.3. The molecular formula is C20H17BrN6O2. The number of H-pyrrole nitrogens is 1. The van der Waals surface area contributed by atoms with Crippen molar-refractivity contribution < 1.29 is 4.42 Å². The van der Waals surface area contributed by atoms with Gasteiger partial charge in [-0.05, 0) is 18.2 Å². The summed E-state index contributed by atoms with van der Waals surface area (Å²) in [6.45, 7) is 2.14. The number of furan rings is 1. The first-order chi connectivity index (χ1) is 14.2. The van der Waals surface area contributed by atoms with Gasteiger partial charge in [0.05, 0.1) is 12.9 Å². The highest BCUT2D eigenvalue weighted by molar-refractivity contribution is 9.10. The lowest BCUT2D eigenvalue weighted by molar-refractivity contribution is 0.396. The van der Waals surface area contributed by atoms with Crippen molar-refractivity contribution in [3.63, 3.8) is 0 Å². The monoisotopic (exact) mass is 452 g/mol. The van der Waals surface area contributed by atoms with Gasteiger partial charge in [-0.1, -0.05) is 15.9 Å². The van der Waals surface area contributed by atoms with E-state index in [2.05, 4.69) is 35.8 Å². The van der Waals surface area contributed by atoms with E-state index in [-0.39, 0.29) is 11.1 Å². The molecular weight excluding hydrogens is 436 g/mol. The molecule has 1 aliphatic heterocycles. The lowest BCUT2D eigenvalue weighted by atomic mass is 10.2. The summed E-state index contributed by atoms with van der Waals surface area (Å²) in [5, 5.41) is 0.817. The quantitative estimate of drug-likeness (QED) is 0.499. The minimum absolute atomic E-state index is 0.247. The van der Waals surface area contributed by atoms with Gasteiger partial charge in [-0.15, -0.1) is 0 Å². The lowest BCUT2D eigenvalue weighted by Crippen LogP contribution is -2.24. The number of nitrogens with zero attached hydrogens (tertiary/aromatic N) is 5. The van der Waals surface area contributed by atoms with E-state index in [0.717, 1.165) is 22.9 Å². The topological polar surface area (TPSA) is 83.2 Å². The molecule has 0 bridgehead atoms. The average Bonchev–Trinajstić information content (AvgIpc) is 3.36. The number of nitrogens with one attached hydrogen (secondary N) is 1. The summed E-state index contributed by atoms with van der Waals surface area (Å²) in [6.07, 6.45) is 13.4. The number of hydrogen-bond acceptors (Lipinski definition) is 6. The predicted molar refractivity (Wildman–Crippen MR) is 113 cm³/mol. The molecule has 0 fully saturated rings. The summed E-state index contributed by atoms with van der Waals surface area (Å²) in [5.74, 6) is 0.575. The zero-order valence-corrected chi connectivity index (χ0v) is 16.9. The second kappa shape index (κ2) is 7.25. The Morgan fingerprint density at radius 3 is 2.72 bits per heavy atom. The second-order valence-corrected chi connectivity index (χ2v) is 7.66. The fourth-order valence-electron chi connectivity index (χ4n) is 3.27. The van der Waals surface area contributed by atoms with E-state index < -0.39 is 0 Å². The first-order valence-corrected chi connectivity index (χ1v) is 9.90. The van der Waals surface area contributed by atoms with Crippen molar-refractivity contribution in [2.45, 2.75) is 13.1 Å². The minimum Gasteiger partial charge on any atom is -0.449 e. The van der Waals surface area contributed by atoms with Crippen LogP contribution >= 0.6 is 15.9 Å². The maximum Gasteiger partial charge on any atom is 0.294 e. The maximum absolute atomic E-state index is 12.5. The van der Waals surface area contributed by atoms with Crippen LogP contribution in [0, 0.1) is 0 Å². The summed E-state index contributed by atoms with van der Waals surface area (Å²) >= 11 is 3.46. The van der Waals surface area contributed by atoms with Crippen LogP contribution in [0.2, 0.25) is 0 Å². The Balaban J connectivity index is 1.33. The number of hydrogen-bond donors (Lipinski definition) is 1. The molecule has 5 rings (SSSR count). The van der Waals surface area contributed by atoms with Crippen LogP contribution in [0.15, 0.2) is 75.4 Å². The van der Waals surface area contributed by atoms with Crippen molar-refractivity contribution in [2.75, 3.05) is 6.54 Å². The summed E-state index contributed by atoms with van der Waals surface area (Å²) in [7, 11) is 0. The molecule has 1 N–H and O–H groups in total. The molecule has 0 unspecified atom stereocenters. The molecule has 0 saturated heterocycles. The molecule has 9 heteroatoms. The van der Waals surface area contributed by atoms with Crippen molar-refractivity contribution in [1.82, 2.24) is 29.3 Å². The molecule has 1 aromatic carbocycles. The van der Waals surface area contributed by atoms with Crippen LogP contribution < -0.4 is 5.56 Å². The molecule has 0 aliphatic carbocycles. The third-order valence-corrected chi connectivity index (χ3v) is 5.24. The third kappa shape index (κ3) is 3.56. The number of halogens is 1. The van der Waals surface area contributed by atoms with Gasteiger partial charge in [0, 0.05) is 60.1 Å². The summed E-state index contributed by atoms with van der Waals surface area (Å²) < 4.78 is 8.62. The number of aromatic amines is 1. The molecule has 146 valence electrons. The minimum atomic E-state index is -0.274. The van der Waals surface area contributed by atoms with Crippen molar-refractivity contribution in [1.29, 1.82) is 0 Å². The average molecular weight is 453 g/mol. The Bertz CT molecular complexity index is 1270. The van der Waals surface area contributed by atoms with E-state index >= 15 is 0 Å². The van der Waals surface area contributed by atoms with Crippen molar-refractivity contribution in [2.24, 2.45) is 0 Å². The van der Waals surface area contributed by atoms with Gasteiger partial charge in [-0.25, -0.2) is 9.97 Å². The first-order valence-electron chi connectivity index (χ1n) is 9.10. The smallest absolute Gasteiger partial charge is 0.294 e. The zero-order chi connectivity index (χ0) is 19.8. The molecule has 8 nitrogen and oxygen atoms in total. The Kier molecular flexibility index (Phi) is 4.44. The van der Waals surface area contributed by atoms with E-state index in [1.807, 2.05) is 58.7 Å². The van der Waals surface area contributed by atoms with E-state index in [1.165, 1.54) is 0 Å². The van der Waals surface area contributed by atoms with Gasteiger partial charge < -0.3 is 23.8 Å². The Morgan fingerprint density at radius 1 is 1.10 bits per heavy atom. The largest absolute Gasteiger partial charge is 0.449 e. The van der Waals surface area contributed by atoms with Gasteiger partial charge in [0.2, 0.25) is 5.58 Å². The highest BCUT2D eigenvalue weighted by Crippen LogP contribution is 2.27. The normalized spacial score (nSPS) is 13.8. The van der Waals surface area contributed by atoms with Crippen LogP contribution in [0.4, 0.5) is 0 Å². The van der Waals surface area contributed by atoms with Crippen LogP contribution in [0.25, 0.3) is 22.1 Å². The summed E-state index contributed by atoms with van der Waals surface area (Å²) in [4.78, 5) is 28.1. The summed E-state index contributed by atoms with van der Waals surface area (Å²) in [5.41, 5.74) is 1.19. The van der Waals surface area contributed by atoms with Crippen LogP contribution in [0.5, 0.6) is 0 Å². The Morgan fingerprint density at radius 2 is 1.93 bits per heavy atom. The second-order valence-electron chi connectivity index (χ2n) is 6.74. The van der Waals surface area contributed by atoms with Crippen molar-refractivity contribution in [3.05, 3.63) is 82.4 Å². The lowest BCUT2D eigenvalue weighted by Gasteiger charge is -2.24. The maximum atomic E-state index is 12.5. The standard InChI is InChI=1S/C20H17BrN6O2/c21-14-1-2-16-15(11-14)18-19(29-16)20(28)24-17(23-18)12-26-8-5-25(6-9-26)7-10-27-4-3-22-13-27/h1-6,8-9,11,13H,7,10,12H2,(H,23,24,28). The van der Waals surface area contributed by atoms with Gasteiger partial charge in [0.15, 0.2) is 0 Å². The van der Waals surface area contributed by atoms with E-state index in [4.69, 9.17) is 4.42 Å². The van der Waals surface area contributed by atoms with Gasteiger partial charge in [-0.2, -0.15) is 0 Å². The summed E-state index contributed by atoms with van der Waals surface area (Å²) in [6, 6.07) is 5.62. The molecule has 0 saturated carbocycles. The van der Waals surface area contributed by atoms with Crippen LogP contribution in [-0.2, 0) is 13.1 Å². The van der Waals surface area contributed by atoms with Crippen molar-refractivity contribution >= 4 is 38.0 Å². The van der Waals surface area contributed by atoms with Crippen LogP contribution in [0.1, 0.15) is 5.82 Å². The highest BCUT2D eigenvalue weighted by Gasteiger charge is 2.15. The van der Waals surface area contributed by atoms with E-state index in [9.17, 15) is 4.79 Å². The number of imidazole rings is 1. The predicted octanol–water partition coefficient (Wildman–Crippen LogP) is 3.39. The first kappa shape index (κ1) is 17.7. The number of rotatable bonds is 5. The molecule has 29 heavy (non-hydrogen) atoms. The third-order valence-electron chi connectivity index (χ3n) is 4.74. The van der Waals surface area contributed by atoms with E-state index in [0.29, 0.717) is 23.5 Å². The fraction of sp³-hybridized carbons (Fsp3) is 0.150. The van der Waals surface area contributed by atoms with Gasteiger partial charge in [0.1, 0.15) is 16.9 Å². The van der Waals surface area contributed by atoms with Crippen molar-refractivity contribution in [3.8, 4) is 0 Å². The molecule has 1 aliphatic rings. The Labute approximate surface area is 173 Å². The molecule has 0 spiro atoms. The Hall–Kier alpha value is -3.33. The van der Waals surface area contributed by atoms with Gasteiger partial charge in [-0.3, -0.25) is 4.79 Å². The van der Waals surface area contributed by atoms with Crippen LogP contribution in [0.3, 0.4) is 0 Å². The van der Waals surface area contributed by atoms with Gasteiger partial charge in [0.25, 0.3) is 5.56 Å². The fourth-order valence-corrected chi connectivity index (χ4v) is 3.63. The SMILES string of the molecule is O=c1[nH]c(CN2C=CN(CCn3ccnc3)C=C2)nc2c1oc1ccc(Br)cc12. The van der Waals surface area contributed by atoms with Crippen LogP contribution in [-0.4, -0.2) is 35.9 Å². The molecule has 4 heterocycles. The number of benzene rings is 1. The molecule has 3 aromatic heterocycles. The highest BCUT2D eigenvalue weighted by atomic mass is 79.9. The molecule has 4 aromatic rings. The van der Waals surface area contributed by atoms with Gasteiger partial charge >= 0.3 is 0 Å². The number of aromatic nitrogens is 4. The molecule has 0 amide bonds. The van der Waals surface area contributed by atoms with E-state index in [1.54, 1.807) is 12.5 Å². The molecule has 0 radical (unpaired) electrons. The number of fused-ring (bicyclic) bond motifs is 3.